The standard InChI is InChI=1S/C24H29Cl3N8O3S/c1-39(37,38)34-8-6-15(7-9-34)30-23-29-12-19-22(33-23)35(16-4-2-13(3-5-16)21(28)36)24(31-19)32-20-17(26)10-14(25)11-18(20)27/h10-13,15-16H,2-9H2,1H3,(H2,28,36)(H,31,32)(H,29,30,33). The number of fused-ring (bicyclic) bond motifs is 1. The van der Waals surface area contributed by atoms with Gasteiger partial charge in [0.1, 0.15) is 5.52 Å². The molecule has 0 bridgehead atoms. The van der Waals surface area contributed by atoms with E-state index in [4.69, 9.17) is 50.5 Å². The third kappa shape index (κ3) is 6.19. The molecular formula is C24H29Cl3N8O3S. The van der Waals surface area contributed by atoms with E-state index in [2.05, 4.69) is 15.6 Å². The minimum absolute atomic E-state index is 0.00120. The first-order valence-corrected chi connectivity index (χ1v) is 15.7. The highest BCUT2D eigenvalue weighted by atomic mass is 35.5. The van der Waals surface area contributed by atoms with Crippen molar-refractivity contribution in [3.63, 3.8) is 0 Å². The number of hydrogen-bond acceptors (Lipinski definition) is 8. The summed E-state index contributed by atoms with van der Waals surface area (Å²) in [6.07, 6.45) is 6.92. The number of halogens is 3. The van der Waals surface area contributed by atoms with E-state index < -0.39 is 10.0 Å². The molecule has 1 aliphatic heterocycles. The van der Waals surface area contributed by atoms with Crippen molar-refractivity contribution in [2.75, 3.05) is 30.0 Å². The maximum Gasteiger partial charge on any atom is 0.224 e. The van der Waals surface area contributed by atoms with Crippen molar-refractivity contribution in [2.24, 2.45) is 11.7 Å². The Kier molecular flexibility index (Phi) is 8.12. The van der Waals surface area contributed by atoms with Gasteiger partial charge < -0.3 is 16.4 Å². The highest BCUT2D eigenvalue weighted by Gasteiger charge is 2.30. The number of rotatable bonds is 7. The number of sulfonamides is 1. The Bertz CT molecular complexity index is 1480. The lowest BCUT2D eigenvalue weighted by Gasteiger charge is -2.30. The van der Waals surface area contributed by atoms with Gasteiger partial charge in [0.2, 0.25) is 27.8 Å². The number of imidazole rings is 1. The number of primary amides is 1. The summed E-state index contributed by atoms with van der Waals surface area (Å²) >= 11 is 19.0. The van der Waals surface area contributed by atoms with E-state index in [1.165, 1.54) is 10.6 Å². The van der Waals surface area contributed by atoms with Crippen molar-refractivity contribution in [1.29, 1.82) is 0 Å². The molecule has 4 N–H and O–H groups in total. The molecule has 11 nitrogen and oxygen atoms in total. The second-order valence-electron chi connectivity index (χ2n) is 10.1. The number of nitrogens with one attached hydrogen (secondary N) is 2. The third-order valence-corrected chi connectivity index (χ3v) is 9.51. The molecule has 39 heavy (non-hydrogen) atoms. The van der Waals surface area contributed by atoms with Crippen LogP contribution < -0.4 is 16.4 Å². The number of amides is 1. The van der Waals surface area contributed by atoms with Crippen molar-refractivity contribution in [3.8, 4) is 0 Å². The second-order valence-corrected chi connectivity index (χ2v) is 13.3. The van der Waals surface area contributed by atoms with E-state index in [-0.39, 0.29) is 23.9 Å². The predicted molar refractivity (Wildman–Crippen MR) is 153 cm³/mol. The van der Waals surface area contributed by atoms with E-state index in [0.717, 1.165) is 0 Å². The van der Waals surface area contributed by atoms with Crippen molar-refractivity contribution in [3.05, 3.63) is 33.4 Å². The summed E-state index contributed by atoms with van der Waals surface area (Å²) in [5, 5.41) is 7.73. The molecule has 2 aromatic heterocycles. The first kappa shape index (κ1) is 28.2. The normalized spacial score (nSPS) is 21.2. The number of carbonyl (C=O) groups is 1. The molecule has 2 aliphatic rings. The Morgan fingerprint density at radius 3 is 2.26 bits per heavy atom. The predicted octanol–water partition coefficient (Wildman–Crippen LogP) is 4.58. The number of carbonyl (C=O) groups excluding carboxylic acids is 1. The van der Waals surface area contributed by atoms with Crippen LogP contribution in [0.25, 0.3) is 11.2 Å². The summed E-state index contributed by atoms with van der Waals surface area (Å²) in [5.41, 5.74) is 7.23. The van der Waals surface area contributed by atoms with Gasteiger partial charge in [-0.2, -0.15) is 4.98 Å². The lowest BCUT2D eigenvalue weighted by atomic mass is 9.85. The lowest BCUT2D eigenvalue weighted by molar-refractivity contribution is -0.122. The average Bonchev–Trinajstić information content (AvgIpc) is 3.23. The molecule has 3 aromatic rings. The average molecular weight is 616 g/mol. The zero-order valence-corrected chi connectivity index (χ0v) is 24.3. The molecule has 0 spiro atoms. The summed E-state index contributed by atoms with van der Waals surface area (Å²) in [7, 11) is -3.21. The zero-order valence-electron chi connectivity index (χ0n) is 21.2. The fourth-order valence-corrected chi connectivity index (χ4v) is 7.09. The van der Waals surface area contributed by atoms with E-state index in [9.17, 15) is 13.2 Å². The highest BCUT2D eigenvalue weighted by molar-refractivity contribution is 7.88. The van der Waals surface area contributed by atoms with Gasteiger partial charge in [-0.1, -0.05) is 34.8 Å². The lowest BCUT2D eigenvalue weighted by Crippen LogP contribution is -2.42. The van der Waals surface area contributed by atoms with Crippen molar-refractivity contribution >= 4 is 79.5 Å². The maximum atomic E-state index is 11.9. The largest absolute Gasteiger partial charge is 0.369 e. The molecular weight excluding hydrogens is 587 g/mol. The Morgan fingerprint density at radius 2 is 1.67 bits per heavy atom. The van der Waals surface area contributed by atoms with Crippen LogP contribution in [0.2, 0.25) is 15.1 Å². The molecule has 0 atom stereocenters. The zero-order chi connectivity index (χ0) is 27.9. The van der Waals surface area contributed by atoms with Gasteiger partial charge in [0.25, 0.3) is 0 Å². The van der Waals surface area contributed by atoms with Gasteiger partial charge in [0, 0.05) is 36.1 Å². The van der Waals surface area contributed by atoms with E-state index in [0.29, 0.717) is 95.4 Å². The van der Waals surface area contributed by atoms with Crippen LogP contribution >= 0.6 is 34.8 Å². The molecule has 0 radical (unpaired) electrons. The SMILES string of the molecule is CS(=O)(=O)N1CCC(Nc2ncc3nc(Nc4c(Cl)cc(Cl)cc4Cl)n(C4CCC(C(N)=O)CC4)c3n2)CC1. The Balaban J connectivity index is 1.46. The summed E-state index contributed by atoms with van der Waals surface area (Å²) < 4.78 is 27.2. The van der Waals surface area contributed by atoms with Gasteiger partial charge in [-0.05, 0) is 50.7 Å². The molecule has 3 heterocycles. The fourth-order valence-electron chi connectivity index (χ4n) is 5.30. The number of hydrogen-bond donors (Lipinski definition) is 3. The quantitative estimate of drug-likeness (QED) is 0.350. The summed E-state index contributed by atoms with van der Waals surface area (Å²) in [6, 6.07) is 3.23. The van der Waals surface area contributed by atoms with Crippen LogP contribution in [-0.2, 0) is 14.8 Å². The maximum absolute atomic E-state index is 11.9. The Labute approximate surface area is 241 Å². The van der Waals surface area contributed by atoms with Gasteiger partial charge >= 0.3 is 0 Å². The summed E-state index contributed by atoms with van der Waals surface area (Å²) in [4.78, 5) is 25.8. The minimum Gasteiger partial charge on any atom is -0.369 e. The topological polar surface area (TPSA) is 148 Å². The fraction of sp³-hybridized carbons (Fsp3) is 0.500. The first-order chi connectivity index (χ1) is 18.5. The number of aromatic nitrogens is 4. The summed E-state index contributed by atoms with van der Waals surface area (Å²) in [5.74, 6) is 0.489. The Hall–Kier alpha value is -2.38. The van der Waals surface area contributed by atoms with Crippen LogP contribution in [0.4, 0.5) is 17.6 Å². The Morgan fingerprint density at radius 1 is 1.03 bits per heavy atom. The van der Waals surface area contributed by atoms with Gasteiger partial charge in [-0.15, -0.1) is 0 Å². The minimum atomic E-state index is -3.21. The van der Waals surface area contributed by atoms with Crippen molar-refractivity contribution < 1.29 is 13.2 Å². The van der Waals surface area contributed by atoms with Crippen LogP contribution in [0.15, 0.2) is 18.3 Å². The number of benzene rings is 1. The van der Waals surface area contributed by atoms with E-state index in [1.807, 2.05) is 4.57 Å². The molecule has 0 unspecified atom stereocenters. The molecule has 2 fully saturated rings. The van der Waals surface area contributed by atoms with E-state index >= 15 is 0 Å². The molecule has 1 aliphatic carbocycles. The molecule has 15 heteroatoms. The number of nitrogens with zero attached hydrogens (tertiary/aromatic N) is 5. The highest BCUT2D eigenvalue weighted by Crippen LogP contribution is 2.40. The number of piperidine rings is 1. The third-order valence-electron chi connectivity index (χ3n) is 7.40. The van der Waals surface area contributed by atoms with Crippen LogP contribution in [0.5, 0.6) is 0 Å². The molecule has 1 saturated carbocycles. The molecule has 5 rings (SSSR count). The van der Waals surface area contributed by atoms with Crippen molar-refractivity contribution in [2.45, 2.75) is 50.6 Å². The number of anilines is 3. The molecule has 1 amide bonds. The molecule has 1 saturated heterocycles. The molecule has 210 valence electrons. The van der Waals surface area contributed by atoms with Crippen LogP contribution in [0.3, 0.4) is 0 Å². The smallest absolute Gasteiger partial charge is 0.224 e. The van der Waals surface area contributed by atoms with Crippen LogP contribution in [0, 0.1) is 5.92 Å². The van der Waals surface area contributed by atoms with Gasteiger partial charge in [0.15, 0.2) is 5.65 Å². The monoisotopic (exact) mass is 614 g/mol. The van der Waals surface area contributed by atoms with Crippen LogP contribution in [0.1, 0.15) is 44.6 Å². The number of nitrogens with two attached hydrogens (primary N) is 1. The second kappa shape index (κ2) is 11.2. The summed E-state index contributed by atoms with van der Waals surface area (Å²) in [6.45, 7) is 0.882. The van der Waals surface area contributed by atoms with Gasteiger partial charge in [0.05, 0.1) is 28.2 Å². The van der Waals surface area contributed by atoms with Crippen LogP contribution in [-0.4, -0.2) is 63.5 Å². The first-order valence-electron chi connectivity index (χ1n) is 12.7. The van der Waals surface area contributed by atoms with Gasteiger partial charge in [-0.3, -0.25) is 9.36 Å². The molecule has 1 aromatic carbocycles. The van der Waals surface area contributed by atoms with E-state index in [1.54, 1.807) is 18.3 Å². The van der Waals surface area contributed by atoms with Crippen molar-refractivity contribution in [1.82, 2.24) is 23.8 Å². The van der Waals surface area contributed by atoms with Gasteiger partial charge in [-0.25, -0.2) is 22.7 Å².